The van der Waals surface area contributed by atoms with Crippen molar-refractivity contribution in [2.24, 2.45) is 0 Å². The average Bonchev–Trinajstić information content (AvgIpc) is 3.06. The third kappa shape index (κ3) is 6.21. The van der Waals surface area contributed by atoms with Crippen molar-refractivity contribution >= 4 is 41.2 Å². The number of thiophene rings is 1. The van der Waals surface area contributed by atoms with Gasteiger partial charge in [-0.25, -0.2) is 0 Å². The molecule has 0 unspecified atom stereocenters. The van der Waals surface area contributed by atoms with Crippen molar-refractivity contribution in [2.75, 3.05) is 26.2 Å². The van der Waals surface area contributed by atoms with Crippen LogP contribution in [0.5, 0.6) is 5.75 Å². The molecule has 2 heterocycles. The van der Waals surface area contributed by atoms with Crippen LogP contribution in [-0.2, 0) is 0 Å². The number of alkyl halides is 3. The molecule has 0 bridgehead atoms. The topological polar surface area (TPSA) is 67.6 Å². The minimum Gasteiger partial charge on any atom is -0.406 e. The van der Waals surface area contributed by atoms with Crippen LogP contribution in [0.2, 0.25) is 0 Å². The van der Waals surface area contributed by atoms with E-state index in [0.717, 1.165) is 48.6 Å². The monoisotopic (exact) mass is 459 g/mol. The fraction of sp³-hybridized carbons (Fsp3) is 0.375. The SMILES string of the molecule is Cl.Cl.O=[N+]([O-])c1cc([C@@H](c2ccc(OC(F)(F)F)cc2)N2CCNCC2)cs1. The number of nitro groups is 1. The Morgan fingerprint density at radius 3 is 2.25 bits per heavy atom. The summed E-state index contributed by atoms with van der Waals surface area (Å²) in [4.78, 5) is 12.7. The van der Waals surface area contributed by atoms with Crippen molar-refractivity contribution < 1.29 is 22.8 Å². The van der Waals surface area contributed by atoms with E-state index in [4.69, 9.17) is 0 Å². The van der Waals surface area contributed by atoms with E-state index in [1.807, 2.05) is 0 Å². The Labute approximate surface area is 175 Å². The molecule has 1 fully saturated rings. The molecular weight excluding hydrogens is 442 g/mol. The Kier molecular flexibility index (Phi) is 8.96. The molecule has 1 aromatic heterocycles. The van der Waals surface area contributed by atoms with E-state index < -0.39 is 11.3 Å². The van der Waals surface area contributed by atoms with Gasteiger partial charge in [-0.15, -0.1) is 38.0 Å². The van der Waals surface area contributed by atoms with E-state index in [2.05, 4.69) is 15.0 Å². The molecule has 0 aliphatic carbocycles. The normalized spacial score (nSPS) is 15.8. The van der Waals surface area contributed by atoms with Crippen LogP contribution in [0.3, 0.4) is 0 Å². The summed E-state index contributed by atoms with van der Waals surface area (Å²) < 4.78 is 40.9. The number of ether oxygens (including phenoxy) is 1. The molecule has 0 radical (unpaired) electrons. The number of benzene rings is 1. The van der Waals surface area contributed by atoms with Crippen molar-refractivity contribution in [2.45, 2.75) is 12.4 Å². The molecule has 156 valence electrons. The van der Waals surface area contributed by atoms with Gasteiger partial charge >= 0.3 is 11.4 Å². The molecule has 28 heavy (non-hydrogen) atoms. The van der Waals surface area contributed by atoms with Gasteiger partial charge in [0.2, 0.25) is 0 Å². The molecule has 3 rings (SSSR count). The van der Waals surface area contributed by atoms with Crippen LogP contribution in [0, 0.1) is 10.1 Å². The minimum atomic E-state index is -4.74. The van der Waals surface area contributed by atoms with Crippen molar-refractivity contribution in [1.29, 1.82) is 0 Å². The van der Waals surface area contributed by atoms with Gasteiger partial charge in [0.1, 0.15) is 5.75 Å². The smallest absolute Gasteiger partial charge is 0.406 e. The second kappa shape index (κ2) is 10.3. The van der Waals surface area contributed by atoms with Crippen molar-refractivity contribution in [3.63, 3.8) is 0 Å². The summed E-state index contributed by atoms with van der Waals surface area (Å²) in [6.07, 6.45) is -4.74. The van der Waals surface area contributed by atoms with Gasteiger partial charge in [0.05, 0.1) is 11.0 Å². The molecule has 1 aliphatic rings. The highest BCUT2D eigenvalue weighted by Gasteiger charge is 2.31. The Morgan fingerprint density at radius 1 is 1.14 bits per heavy atom. The van der Waals surface area contributed by atoms with Crippen molar-refractivity contribution in [3.05, 3.63) is 57.0 Å². The third-order valence-corrected chi connectivity index (χ3v) is 4.95. The number of halogens is 5. The molecule has 0 amide bonds. The lowest BCUT2D eigenvalue weighted by molar-refractivity contribution is -0.380. The van der Waals surface area contributed by atoms with Crippen molar-refractivity contribution in [3.8, 4) is 5.75 Å². The zero-order chi connectivity index (χ0) is 18.7. The van der Waals surface area contributed by atoms with Crippen LogP contribution in [0.15, 0.2) is 35.7 Å². The quantitative estimate of drug-likeness (QED) is 0.530. The van der Waals surface area contributed by atoms with Crippen LogP contribution in [-0.4, -0.2) is 42.4 Å². The molecule has 1 atom stereocenters. The minimum absolute atomic E-state index is 0. The molecule has 0 spiro atoms. The van der Waals surface area contributed by atoms with Gasteiger partial charge in [-0.3, -0.25) is 15.0 Å². The van der Waals surface area contributed by atoms with Gasteiger partial charge < -0.3 is 10.1 Å². The Morgan fingerprint density at radius 2 is 1.75 bits per heavy atom. The molecule has 0 saturated carbocycles. The number of piperazine rings is 1. The summed E-state index contributed by atoms with van der Waals surface area (Å²) in [5, 5.41) is 16.0. The Hall–Kier alpha value is -1.59. The molecule has 2 aromatic rings. The predicted molar refractivity (Wildman–Crippen MR) is 105 cm³/mol. The predicted octanol–water partition coefficient (Wildman–Crippen LogP) is 4.39. The summed E-state index contributed by atoms with van der Waals surface area (Å²) >= 11 is 1.04. The first-order valence-corrected chi connectivity index (χ1v) is 8.75. The van der Waals surface area contributed by atoms with Gasteiger partial charge in [0.15, 0.2) is 0 Å². The Balaban J connectivity index is 0.00000196. The van der Waals surface area contributed by atoms with E-state index in [9.17, 15) is 23.3 Å². The maximum Gasteiger partial charge on any atom is 0.573 e. The lowest BCUT2D eigenvalue weighted by Crippen LogP contribution is -2.45. The maximum atomic E-state index is 12.3. The molecule has 1 N–H and O–H groups in total. The molecule has 1 aliphatic heterocycles. The molecule has 12 heteroatoms. The van der Waals surface area contributed by atoms with E-state index in [1.165, 1.54) is 18.2 Å². The first-order chi connectivity index (χ1) is 12.3. The van der Waals surface area contributed by atoms with E-state index in [1.54, 1.807) is 17.5 Å². The van der Waals surface area contributed by atoms with E-state index in [0.29, 0.717) is 0 Å². The standard InChI is InChI=1S/C16H16F3N3O3S.2ClH/c17-16(18,19)25-13-3-1-11(2-4-13)15(21-7-5-20-6-8-21)12-9-14(22(23)24)26-10-12;;/h1-4,9-10,15,20H,5-8H2;2*1H/t15-;;/m1../s1. The molecule has 1 aromatic carbocycles. The number of hydrogen-bond acceptors (Lipinski definition) is 6. The summed E-state index contributed by atoms with van der Waals surface area (Å²) in [5.74, 6) is -0.295. The van der Waals surface area contributed by atoms with Gasteiger partial charge in [-0.2, -0.15) is 0 Å². The van der Waals surface area contributed by atoms with Crippen LogP contribution in [0.25, 0.3) is 0 Å². The van der Waals surface area contributed by atoms with Crippen LogP contribution < -0.4 is 10.1 Å². The second-order valence-corrected chi connectivity index (χ2v) is 6.67. The summed E-state index contributed by atoms with van der Waals surface area (Å²) in [6.45, 7) is 3.01. The number of nitrogens with zero attached hydrogens (tertiary/aromatic N) is 2. The third-order valence-electron chi connectivity index (χ3n) is 4.05. The zero-order valence-corrected chi connectivity index (χ0v) is 16.8. The highest BCUT2D eigenvalue weighted by Crippen LogP contribution is 2.35. The average molecular weight is 460 g/mol. The molecular formula is C16H18Cl2F3N3O3S. The molecule has 1 saturated heterocycles. The maximum absolute atomic E-state index is 12.3. The van der Waals surface area contributed by atoms with E-state index in [-0.39, 0.29) is 41.6 Å². The lowest BCUT2D eigenvalue weighted by atomic mass is 9.98. The first kappa shape index (κ1) is 24.4. The number of nitrogens with one attached hydrogen (secondary N) is 1. The van der Waals surface area contributed by atoms with Crippen LogP contribution in [0.1, 0.15) is 17.2 Å². The Bertz CT molecular complexity index is 768. The summed E-state index contributed by atoms with van der Waals surface area (Å²) in [6, 6.07) is 6.92. The van der Waals surface area contributed by atoms with Gasteiger partial charge in [-0.1, -0.05) is 23.5 Å². The van der Waals surface area contributed by atoms with Gasteiger partial charge in [0, 0.05) is 37.6 Å². The second-order valence-electron chi connectivity index (χ2n) is 5.78. The van der Waals surface area contributed by atoms with Gasteiger partial charge in [-0.05, 0) is 23.3 Å². The largest absolute Gasteiger partial charge is 0.573 e. The van der Waals surface area contributed by atoms with Crippen LogP contribution in [0.4, 0.5) is 18.2 Å². The number of rotatable bonds is 5. The van der Waals surface area contributed by atoms with Crippen molar-refractivity contribution in [1.82, 2.24) is 10.2 Å². The summed E-state index contributed by atoms with van der Waals surface area (Å²) in [7, 11) is 0. The number of hydrogen-bond donors (Lipinski definition) is 1. The van der Waals surface area contributed by atoms with Crippen LogP contribution >= 0.6 is 36.2 Å². The summed E-state index contributed by atoms with van der Waals surface area (Å²) in [5.41, 5.74) is 1.52. The lowest BCUT2D eigenvalue weighted by Gasteiger charge is -2.35. The molecule has 6 nitrogen and oxygen atoms in total. The van der Waals surface area contributed by atoms with Gasteiger partial charge in [0.25, 0.3) is 0 Å². The fourth-order valence-electron chi connectivity index (χ4n) is 2.98. The van der Waals surface area contributed by atoms with E-state index >= 15 is 0 Å². The highest BCUT2D eigenvalue weighted by molar-refractivity contribution is 7.13. The zero-order valence-electron chi connectivity index (χ0n) is 14.3. The first-order valence-electron chi connectivity index (χ1n) is 7.87. The highest BCUT2D eigenvalue weighted by atomic mass is 35.5. The fourth-order valence-corrected chi connectivity index (χ4v) is 3.73.